The SMILES string of the molecule is CCCc1nc(C)n(CC2CCCCO2)c(=O)c1Cc1ccc(-c2ccccc2-c2noc(=O)[nH]2)cc1.[KH]. The first-order valence-electron chi connectivity index (χ1n) is 13.0. The maximum atomic E-state index is 13.7. The Morgan fingerprint density at radius 3 is 2.47 bits per heavy atom. The van der Waals surface area contributed by atoms with Gasteiger partial charge in [0.1, 0.15) is 5.82 Å². The van der Waals surface area contributed by atoms with Crippen LogP contribution in [0.1, 0.15) is 55.3 Å². The molecule has 1 aliphatic rings. The second-order valence-electron chi connectivity index (χ2n) is 9.60. The summed E-state index contributed by atoms with van der Waals surface area (Å²) < 4.78 is 12.4. The van der Waals surface area contributed by atoms with Crippen LogP contribution < -0.4 is 11.3 Å². The van der Waals surface area contributed by atoms with E-state index in [4.69, 9.17) is 14.2 Å². The molecule has 38 heavy (non-hydrogen) atoms. The number of hydrogen-bond donors (Lipinski definition) is 1. The van der Waals surface area contributed by atoms with Gasteiger partial charge in [-0.1, -0.05) is 67.0 Å². The van der Waals surface area contributed by atoms with E-state index in [0.29, 0.717) is 18.8 Å². The molecule has 1 fully saturated rings. The van der Waals surface area contributed by atoms with Crippen LogP contribution in [-0.2, 0) is 24.1 Å². The predicted octanol–water partition coefficient (Wildman–Crippen LogP) is 4.03. The summed E-state index contributed by atoms with van der Waals surface area (Å²) in [6, 6.07) is 15.9. The second kappa shape index (κ2) is 13.3. The minimum absolute atomic E-state index is 0. The Balaban J connectivity index is 0.00000336. The van der Waals surface area contributed by atoms with E-state index in [9.17, 15) is 9.59 Å². The Bertz CT molecular complexity index is 1480. The first kappa shape index (κ1) is 28.9. The average molecular weight is 541 g/mol. The quantitative estimate of drug-likeness (QED) is 0.339. The molecule has 0 radical (unpaired) electrons. The molecule has 3 heterocycles. The number of benzene rings is 2. The molecular weight excluding hydrogens is 507 g/mol. The Labute approximate surface area is 264 Å². The Hall–Kier alpha value is -2.14. The molecule has 9 heteroatoms. The number of ether oxygens (including phenoxy) is 1. The van der Waals surface area contributed by atoms with Gasteiger partial charge in [-0.2, -0.15) is 0 Å². The summed E-state index contributed by atoms with van der Waals surface area (Å²) in [4.78, 5) is 32.6. The van der Waals surface area contributed by atoms with E-state index in [1.807, 2.05) is 55.5 Å². The zero-order valence-corrected chi connectivity index (χ0v) is 21.3. The maximum absolute atomic E-state index is 13.7. The van der Waals surface area contributed by atoms with Crippen LogP contribution in [0.25, 0.3) is 22.5 Å². The first-order valence-corrected chi connectivity index (χ1v) is 13.0. The van der Waals surface area contributed by atoms with Crippen molar-refractivity contribution in [1.82, 2.24) is 19.7 Å². The van der Waals surface area contributed by atoms with Crippen molar-refractivity contribution in [2.24, 2.45) is 0 Å². The number of aromatic amines is 1. The summed E-state index contributed by atoms with van der Waals surface area (Å²) in [6.07, 6.45) is 5.47. The van der Waals surface area contributed by atoms with Gasteiger partial charge in [-0.3, -0.25) is 18.9 Å². The molecule has 1 N–H and O–H groups in total. The molecule has 1 atom stereocenters. The van der Waals surface area contributed by atoms with Crippen molar-refractivity contribution >= 4 is 51.4 Å². The van der Waals surface area contributed by atoms with E-state index in [2.05, 4.69) is 17.1 Å². The zero-order chi connectivity index (χ0) is 25.8. The van der Waals surface area contributed by atoms with Crippen LogP contribution in [0.2, 0.25) is 0 Å². The van der Waals surface area contributed by atoms with E-state index in [1.165, 1.54) is 0 Å². The van der Waals surface area contributed by atoms with Gasteiger partial charge in [0.05, 0.1) is 18.3 Å². The number of aryl methyl sites for hydroxylation is 2. The minimum atomic E-state index is -0.588. The first-order chi connectivity index (χ1) is 18.0. The molecule has 0 spiro atoms. The van der Waals surface area contributed by atoms with Crippen LogP contribution in [0.4, 0.5) is 0 Å². The molecule has 0 bridgehead atoms. The standard InChI is InChI=1S/C29H32N4O4.K.H/c1-3-8-26-25(28(34)33(19(2)30-26)18-22-9-6-7-16-36-22)17-20-12-14-21(15-13-20)23-10-4-5-11-24(23)27-31-29(35)37-32-27;;/h4-5,10-15,22H,3,6-9,16-18H2,1-2H3,(H,31,32,35);;. The van der Waals surface area contributed by atoms with E-state index in [0.717, 1.165) is 78.0 Å². The van der Waals surface area contributed by atoms with Crippen LogP contribution in [0.3, 0.4) is 0 Å². The summed E-state index contributed by atoms with van der Waals surface area (Å²) in [6.45, 7) is 5.34. The fourth-order valence-corrected chi connectivity index (χ4v) is 5.04. The second-order valence-corrected chi connectivity index (χ2v) is 9.60. The van der Waals surface area contributed by atoms with E-state index in [1.54, 1.807) is 4.57 Å². The third kappa shape index (κ3) is 6.52. The summed E-state index contributed by atoms with van der Waals surface area (Å²) in [7, 11) is 0. The van der Waals surface area contributed by atoms with Crippen LogP contribution in [0.15, 0.2) is 62.6 Å². The van der Waals surface area contributed by atoms with Gasteiger partial charge in [-0.25, -0.2) is 9.78 Å². The van der Waals surface area contributed by atoms with Crippen molar-refractivity contribution in [3.8, 4) is 22.5 Å². The van der Waals surface area contributed by atoms with Gasteiger partial charge in [-0.05, 0) is 49.3 Å². The average Bonchev–Trinajstić information content (AvgIpc) is 3.36. The molecule has 194 valence electrons. The normalized spacial score (nSPS) is 15.3. The predicted molar refractivity (Wildman–Crippen MR) is 149 cm³/mol. The number of hydrogen-bond acceptors (Lipinski definition) is 6. The summed E-state index contributed by atoms with van der Waals surface area (Å²) >= 11 is 0. The summed E-state index contributed by atoms with van der Waals surface area (Å²) in [5, 5.41) is 3.84. The summed E-state index contributed by atoms with van der Waals surface area (Å²) in [5.74, 6) is 0.557. The Morgan fingerprint density at radius 2 is 1.82 bits per heavy atom. The number of aromatic nitrogens is 4. The van der Waals surface area contributed by atoms with Crippen molar-refractivity contribution in [3.63, 3.8) is 0 Å². The Kier molecular flexibility index (Phi) is 10.1. The van der Waals surface area contributed by atoms with E-state index < -0.39 is 5.76 Å². The zero-order valence-electron chi connectivity index (χ0n) is 21.3. The third-order valence-electron chi connectivity index (χ3n) is 6.95. The van der Waals surface area contributed by atoms with Gasteiger partial charge in [0.25, 0.3) is 5.56 Å². The number of rotatable bonds is 8. The molecular formula is C29H33KN4O4. The monoisotopic (exact) mass is 540 g/mol. The fraction of sp³-hybridized carbons (Fsp3) is 0.379. The van der Waals surface area contributed by atoms with Crippen molar-refractivity contribution in [2.45, 2.75) is 65.0 Å². The third-order valence-corrected chi connectivity index (χ3v) is 6.95. The van der Waals surface area contributed by atoms with Gasteiger partial charge >= 0.3 is 57.1 Å². The molecule has 2 aromatic heterocycles. The summed E-state index contributed by atoms with van der Waals surface area (Å²) in [5.41, 5.74) is 5.41. The molecule has 4 aromatic rings. The molecule has 2 aromatic carbocycles. The molecule has 5 rings (SSSR count). The van der Waals surface area contributed by atoms with Crippen LogP contribution in [0, 0.1) is 6.92 Å². The van der Waals surface area contributed by atoms with Crippen LogP contribution in [0.5, 0.6) is 0 Å². The topological polar surface area (TPSA) is 103 Å². The van der Waals surface area contributed by atoms with Crippen molar-refractivity contribution < 1.29 is 9.26 Å². The van der Waals surface area contributed by atoms with E-state index in [-0.39, 0.29) is 63.0 Å². The number of nitrogens with one attached hydrogen (secondary N) is 1. The van der Waals surface area contributed by atoms with Crippen molar-refractivity contribution in [2.75, 3.05) is 6.61 Å². The molecule has 1 aliphatic heterocycles. The van der Waals surface area contributed by atoms with Crippen LogP contribution in [-0.4, -0.2) is 83.8 Å². The molecule has 1 saturated heterocycles. The van der Waals surface area contributed by atoms with Gasteiger partial charge in [-0.15, -0.1) is 0 Å². The van der Waals surface area contributed by atoms with Gasteiger partial charge < -0.3 is 4.74 Å². The Morgan fingerprint density at radius 1 is 1.05 bits per heavy atom. The number of nitrogens with zero attached hydrogens (tertiary/aromatic N) is 3. The molecule has 0 amide bonds. The van der Waals surface area contributed by atoms with Gasteiger partial charge in [0.15, 0.2) is 5.82 Å². The fourth-order valence-electron chi connectivity index (χ4n) is 5.04. The van der Waals surface area contributed by atoms with E-state index >= 15 is 0 Å². The van der Waals surface area contributed by atoms with Crippen molar-refractivity contribution in [1.29, 1.82) is 0 Å². The van der Waals surface area contributed by atoms with Crippen LogP contribution >= 0.6 is 0 Å². The van der Waals surface area contributed by atoms with Gasteiger partial charge in [0.2, 0.25) is 0 Å². The molecule has 1 unspecified atom stereocenters. The number of H-pyrrole nitrogens is 1. The molecule has 0 saturated carbocycles. The van der Waals surface area contributed by atoms with Crippen molar-refractivity contribution in [3.05, 3.63) is 92.1 Å². The molecule has 0 aliphatic carbocycles. The molecule has 8 nitrogen and oxygen atoms in total. The van der Waals surface area contributed by atoms with Gasteiger partial charge in [0, 0.05) is 24.2 Å².